The minimum atomic E-state index is -0.0821. The number of benzene rings is 2. The minimum absolute atomic E-state index is 0.0821. The first-order valence-corrected chi connectivity index (χ1v) is 10.3. The van der Waals surface area contributed by atoms with Gasteiger partial charge in [-0.15, -0.1) is 0 Å². The monoisotopic (exact) mass is 402 g/mol. The maximum Gasteiger partial charge on any atom is 0.298 e. The van der Waals surface area contributed by atoms with Crippen molar-refractivity contribution in [3.05, 3.63) is 66.6 Å². The first kappa shape index (κ1) is 19.7. The number of carbonyl (C=O) groups is 1. The smallest absolute Gasteiger partial charge is 0.298 e. The first-order valence-electron chi connectivity index (χ1n) is 10.3. The van der Waals surface area contributed by atoms with Gasteiger partial charge in [0.2, 0.25) is 0 Å². The van der Waals surface area contributed by atoms with E-state index < -0.39 is 0 Å². The van der Waals surface area contributed by atoms with Gasteiger partial charge in [0, 0.05) is 37.4 Å². The highest BCUT2D eigenvalue weighted by molar-refractivity contribution is 5.93. The molecule has 2 heterocycles. The average molecular weight is 402 g/mol. The molecule has 0 saturated carbocycles. The molecule has 0 aromatic heterocycles. The van der Waals surface area contributed by atoms with E-state index >= 15 is 0 Å². The molecule has 0 bridgehead atoms. The zero-order valence-corrected chi connectivity index (χ0v) is 17.1. The molecule has 1 saturated heterocycles. The third-order valence-electron chi connectivity index (χ3n) is 5.33. The molecule has 2 N–H and O–H groups in total. The fourth-order valence-electron chi connectivity index (χ4n) is 3.74. The molecule has 0 unspecified atom stereocenters. The van der Waals surface area contributed by atoms with Gasteiger partial charge in [-0.25, -0.2) is 0 Å². The van der Waals surface area contributed by atoms with Crippen LogP contribution in [0.2, 0.25) is 0 Å². The van der Waals surface area contributed by atoms with Crippen LogP contribution < -0.4 is 15.4 Å². The van der Waals surface area contributed by atoms with Crippen LogP contribution in [0.4, 0.5) is 5.69 Å². The van der Waals surface area contributed by atoms with Gasteiger partial charge in [0.1, 0.15) is 17.3 Å². The van der Waals surface area contributed by atoms with Crippen molar-refractivity contribution < 1.29 is 9.53 Å². The molecule has 6 heteroatoms. The number of para-hydroxylation sites is 1. The predicted molar refractivity (Wildman–Crippen MR) is 117 cm³/mol. The van der Waals surface area contributed by atoms with E-state index in [1.54, 1.807) is 0 Å². The van der Waals surface area contributed by atoms with E-state index in [4.69, 9.17) is 10.5 Å². The summed E-state index contributed by atoms with van der Waals surface area (Å²) < 4.78 is 5.86. The Morgan fingerprint density at radius 3 is 2.60 bits per heavy atom. The van der Waals surface area contributed by atoms with E-state index in [1.807, 2.05) is 72.6 Å². The molecule has 2 aromatic rings. The van der Waals surface area contributed by atoms with Crippen LogP contribution >= 0.6 is 0 Å². The van der Waals surface area contributed by atoms with Crippen LogP contribution in [0.3, 0.4) is 0 Å². The molecule has 6 nitrogen and oxygen atoms in total. The molecule has 0 radical (unpaired) electrons. The van der Waals surface area contributed by atoms with E-state index in [1.165, 1.54) is 0 Å². The molecule has 0 spiro atoms. The van der Waals surface area contributed by atoms with Gasteiger partial charge in [0.05, 0.1) is 6.67 Å². The molecule has 2 aliphatic heterocycles. The number of nitrogens with zero attached hydrogens (tertiary/aromatic N) is 3. The van der Waals surface area contributed by atoms with E-state index in [0.29, 0.717) is 25.5 Å². The quantitative estimate of drug-likeness (QED) is 0.795. The second-order valence-corrected chi connectivity index (χ2v) is 7.40. The van der Waals surface area contributed by atoms with Crippen LogP contribution in [0.1, 0.15) is 19.8 Å². The van der Waals surface area contributed by atoms with Gasteiger partial charge in [-0.2, -0.15) is 0 Å². The number of amides is 1. The molecule has 154 valence electrons. The summed E-state index contributed by atoms with van der Waals surface area (Å²) in [6.45, 7) is 4.02. The minimum Gasteiger partial charge on any atom is -0.457 e. The number of carbonyl (C=O) groups excluding carboxylic acids is 1. The number of rotatable bonds is 4. The molecule has 2 aliphatic rings. The number of hydrogen-bond donors (Lipinski definition) is 1. The van der Waals surface area contributed by atoms with Crippen LogP contribution in [0, 0.1) is 11.8 Å². The Labute approximate surface area is 177 Å². The number of ether oxygens (including phenoxy) is 1. The highest BCUT2D eigenvalue weighted by Gasteiger charge is 2.32. The first-order chi connectivity index (χ1) is 14.6. The molecule has 0 aliphatic carbocycles. The van der Waals surface area contributed by atoms with Crippen molar-refractivity contribution in [3.63, 3.8) is 0 Å². The topological polar surface area (TPSA) is 62.0 Å². The normalized spacial score (nSPS) is 18.1. The van der Waals surface area contributed by atoms with Crippen LogP contribution in [0.5, 0.6) is 11.5 Å². The van der Waals surface area contributed by atoms with Gasteiger partial charge in [-0.3, -0.25) is 4.79 Å². The highest BCUT2D eigenvalue weighted by Crippen LogP contribution is 2.29. The third kappa shape index (κ3) is 4.36. The summed E-state index contributed by atoms with van der Waals surface area (Å²) in [7, 11) is 0. The molecule has 1 atom stereocenters. The molecule has 1 fully saturated rings. The van der Waals surface area contributed by atoms with Crippen molar-refractivity contribution in [1.82, 2.24) is 9.80 Å². The molecular formula is C24H26N4O2. The number of nitrogens with two attached hydrogens (primary N) is 1. The van der Waals surface area contributed by atoms with Gasteiger partial charge in [-0.05, 0) is 48.7 Å². The molecule has 2 aromatic carbocycles. The van der Waals surface area contributed by atoms with Crippen LogP contribution in [-0.2, 0) is 4.79 Å². The number of likely N-dealkylation sites (tertiary alicyclic amines) is 1. The van der Waals surface area contributed by atoms with Crippen molar-refractivity contribution in [2.45, 2.75) is 25.8 Å². The lowest BCUT2D eigenvalue weighted by atomic mass is 10.2. The van der Waals surface area contributed by atoms with E-state index in [9.17, 15) is 4.79 Å². The molecule has 1 amide bonds. The van der Waals surface area contributed by atoms with Crippen molar-refractivity contribution in [3.8, 4) is 23.3 Å². The lowest BCUT2D eigenvalue weighted by Gasteiger charge is -2.27. The summed E-state index contributed by atoms with van der Waals surface area (Å²) in [6.07, 6.45) is 3.59. The predicted octanol–water partition coefficient (Wildman–Crippen LogP) is 3.33. The van der Waals surface area contributed by atoms with Crippen molar-refractivity contribution >= 4 is 11.6 Å². The van der Waals surface area contributed by atoms with Crippen molar-refractivity contribution in [1.29, 1.82) is 0 Å². The van der Waals surface area contributed by atoms with E-state index in [2.05, 4.69) is 21.6 Å². The molecule has 30 heavy (non-hydrogen) atoms. The average Bonchev–Trinajstić information content (AvgIpc) is 3.40. The summed E-state index contributed by atoms with van der Waals surface area (Å²) in [5.74, 6) is 7.77. The summed E-state index contributed by atoms with van der Waals surface area (Å²) in [5.41, 5.74) is 7.31. The Morgan fingerprint density at radius 2 is 1.87 bits per heavy atom. The second kappa shape index (κ2) is 8.83. The van der Waals surface area contributed by atoms with Crippen LogP contribution in [0.15, 0.2) is 66.6 Å². The zero-order chi connectivity index (χ0) is 20.9. The second-order valence-electron chi connectivity index (χ2n) is 7.40. The summed E-state index contributed by atoms with van der Waals surface area (Å²) in [4.78, 5) is 18.3. The summed E-state index contributed by atoms with van der Waals surface area (Å²) >= 11 is 0. The Bertz CT molecular complexity index is 976. The Morgan fingerprint density at radius 1 is 1.13 bits per heavy atom. The number of anilines is 1. The van der Waals surface area contributed by atoms with Crippen molar-refractivity contribution in [2.24, 2.45) is 5.73 Å². The van der Waals surface area contributed by atoms with Gasteiger partial charge in [0.15, 0.2) is 0 Å². The largest absolute Gasteiger partial charge is 0.457 e. The molecule has 4 rings (SSSR count). The zero-order valence-electron chi connectivity index (χ0n) is 17.1. The fraction of sp³-hybridized carbons (Fsp3) is 0.292. The maximum absolute atomic E-state index is 12.1. The third-order valence-corrected chi connectivity index (χ3v) is 5.33. The Hall–Kier alpha value is -3.59. The summed E-state index contributed by atoms with van der Waals surface area (Å²) in [5, 5.41) is 0. The maximum atomic E-state index is 12.1. The highest BCUT2D eigenvalue weighted by atomic mass is 16.5. The Balaban J connectivity index is 1.37. The van der Waals surface area contributed by atoms with E-state index in [-0.39, 0.29) is 11.9 Å². The van der Waals surface area contributed by atoms with Crippen LogP contribution in [0.25, 0.3) is 0 Å². The summed E-state index contributed by atoms with van der Waals surface area (Å²) in [6, 6.07) is 17.9. The number of hydrogen-bond acceptors (Lipinski definition) is 5. The van der Waals surface area contributed by atoms with Gasteiger partial charge in [0.25, 0.3) is 5.91 Å². The van der Waals surface area contributed by atoms with Gasteiger partial charge >= 0.3 is 0 Å². The van der Waals surface area contributed by atoms with Crippen molar-refractivity contribution in [2.75, 3.05) is 24.7 Å². The SMILES string of the molecule is CCC#CC(=O)N1CC[C@@H](N2C=C(N)N(c3ccc(Oc4ccccc4)cc3)C2)C1. The lowest BCUT2D eigenvalue weighted by molar-refractivity contribution is -0.124. The van der Waals surface area contributed by atoms with Crippen LogP contribution in [-0.4, -0.2) is 41.5 Å². The lowest BCUT2D eigenvalue weighted by Crippen LogP contribution is -2.38. The van der Waals surface area contributed by atoms with Gasteiger partial charge in [-0.1, -0.05) is 31.0 Å². The molecular weight excluding hydrogens is 376 g/mol. The standard InChI is InChI=1S/C24H26N4O2/c1-2-3-9-24(29)26-15-14-20(16-26)27-17-23(25)28(18-27)19-10-12-22(13-11-19)30-21-7-5-4-6-8-21/h4-8,10-13,17,20H,2,14-16,18,25H2,1H3/t20-/m1/s1. The fourth-order valence-corrected chi connectivity index (χ4v) is 3.74. The Kier molecular flexibility index (Phi) is 5.80. The van der Waals surface area contributed by atoms with Gasteiger partial charge < -0.3 is 25.2 Å². The van der Waals surface area contributed by atoms with E-state index in [0.717, 1.165) is 30.2 Å².